The molecule has 0 radical (unpaired) electrons. The van der Waals surface area contributed by atoms with Crippen molar-refractivity contribution in [1.29, 1.82) is 0 Å². The number of nitrogens with two attached hydrogens (primary N) is 1. The molecule has 0 heterocycles. The predicted octanol–water partition coefficient (Wildman–Crippen LogP) is 3.10. The average molecular weight is 246 g/mol. The van der Waals surface area contributed by atoms with Crippen molar-refractivity contribution in [3.63, 3.8) is 0 Å². The van der Waals surface area contributed by atoms with Crippen molar-refractivity contribution in [2.24, 2.45) is 5.92 Å². The van der Waals surface area contributed by atoms with Gasteiger partial charge in [0.1, 0.15) is 0 Å². The van der Waals surface area contributed by atoms with Crippen molar-refractivity contribution in [2.75, 3.05) is 23.7 Å². The highest BCUT2D eigenvalue weighted by molar-refractivity contribution is 6.00. The molecular weight excluding hydrogens is 224 g/mol. The van der Waals surface area contributed by atoms with E-state index in [1.807, 2.05) is 18.2 Å². The topological polar surface area (TPSA) is 46.3 Å². The van der Waals surface area contributed by atoms with Gasteiger partial charge in [0, 0.05) is 30.0 Å². The summed E-state index contributed by atoms with van der Waals surface area (Å²) in [4.78, 5) is 13.9. The van der Waals surface area contributed by atoms with Crippen LogP contribution in [-0.4, -0.2) is 18.9 Å². The summed E-state index contributed by atoms with van der Waals surface area (Å²) in [5.41, 5.74) is 8.19. The Hall–Kier alpha value is -1.51. The van der Waals surface area contributed by atoms with Gasteiger partial charge in [0.05, 0.1) is 0 Å². The van der Waals surface area contributed by atoms with Crippen molar-refractivity contribution in [1.82, 2.24) is 0 Å². The molecule has 1 aromatic carbocycles. The molecule has 1 aliphatic rings. The van der Waals surface area contributed by atoms with E-state index in [1.165, 1.54) is 12.8 Å². The molecule has 0 unspecified atom stereocenters. The Bertz CT molecular complexity index is 438. The number of rotatable bonds is 6. The fraction of sp³-hybridized carbons (Fsp3) is 0.533. The van der Waals surface area contributed by atoms with Crippen LogP contribution in [0.5, 0.6) is 0 Å². The van der Waals surface area contributed by atoms with Crippen LogP contribution in [0.2, 0.25) is 0 Å². The molecule has 0 amide bonds. The third-order valence-electron chi connectivity index (χ3n) is 3.45. The third kappa shape index (κ3) is 3.03. The molecule has 0 aliphatic heterocycles. The summed E-state index contributed by atoms with van der Waals surface area (Å²) in [5, 5.41) is 0. The molecule has 0 atom stereocenters. The maximum Gasteiger partial charge on any atom is 0.161 e. The number of nitrogens with zero attached hydrogens (tertiary/aromatic N) is 1. The number of ketones is 1. The van der Waals surface area contributed by atoms with Crippen molar-refractivity contribution in [3.05, 3.63) is 23.8 Å². The molecule has 2 rings (SSSR count). The largest absolute Gasteiger partial charge is 0.398 e. The molecule has 1 saturated carbocycles. The molecule has 98 valence electrons. The molecule has 3 nitrogen and oxygen atoms in total. The van der Waals surface area contributed by atoms with Gasteiger partial charge in [-0.2, -0.15) is 0 Å². The third-order valence-corrected chi connectivity index (χ3v) is 3.45. The molecule has 3 heteroatoms. The number of hydrogen-bond acceptors (Lipinski definition) is 3. The first-order valence-electron chi connectivity index (χ1n) is 6.77. The molecule has 1 fully saturated rings. The summed E-state index contributed by atoms with van der Waals surface area (Å²) in [6.07, 6.45) is 3.80. The minimum absolute atomic E-state index is 0.0391. The molecule has 2 N–H and O–H groups in total. The Balaban J connectivity index is 2.22. The van der Waals surface area contributed by atoms with E-state index in [-0.39, 0.29) is 5.78 Å². The van der Waals surface area contributed by atoms with Crippen LogP contribution in [0.1, 0.15) is 43.5 Å². The van der Waals surface area contributed by atoms with Gasteiger partial charge in [-0.15, -0.1) is 0 Å². The van der Waals surface area contributed by atoms with E-state index < -0.39 is 0 Å². The molecule has 0 aromatic heterocycles. The Morgan fingerprint density at radius 3 is 2.72 bits per heavy atom. The van der Waals surface area contributed by atoms with Crippen molar-refractivity contribution >= 4 is 17.2 Å². The molecule has 0 saturated heterocycles. The first-order chi connectivity index (χ1) is 8.61. The number of Topliss-reactive ketones (excluding diaryl/α,β-unsaturated/α-hetero) is 1. The van der Waals surface area contributed by atoms with E-state index >= 15 is 0 Å². The predicted molar refractivity (Wildman–Crippen MR) is 76.1 cm³/mol. The van der Waals surface area contributed by atoms with Crippen LogP contribution >= 0.6 is 0 Å². The van der Waals surface area contributed by atoms with Gasteiger partial charge in [-0.1, -0.05) is 6.92 Å². The standard InChI is InChI=1S/C15H22N2O/c1-3-8-17(10-12-4-5-12)13-6-7-15(16)14(9-13)11(2)18/h6-7,9,12H,3-5,8,10,16H2,1-2H3. The number of anilines is 2. The number of nitrogen functional groups attached to an aromatic ring is 1. The molecule has 0 bridgehead atoms. The fourth-order valence-corrected chi connectivity index (χ4v) is 2.25. The monoisotopic (exact) mass is 246 g/mol. The van der Waals surface area contributed by atoms with Gasteiger partial charge >= 0.3 is 0 Å². The van der Waals surface area contributed by atoms with Crippen LogP contribution in [0, 0.1) is 5.92 Å². The summed E-state index contributed by atoms with van der Waals surface area (Å²) in [6, 6.07) is 5.82. The van der Waals surface area contributed by atoms with E-state index in [1.54, 1.807) is 6.92 Å². The van der Waals surface area contributed by atoms with Crippen LogP contribution in [0.25, 0.3) is 0 Å². The van der Waals surface area contributed by atoms with E-state index in [0.717, 1.165) is 31.1 Å². The lowest BCUT2D eigenvalue weighted by Crippen LogP contribution is -2.26. The van der Waals surface area contributed by atoms with Crippen molar-refractivity contribution in [3.8, 4) is 0 Å². The lowest BCUT2D eigenvalue weighted by molar-refractivity contribution is 0.101. The summed E-state index contributed by atoms with van der Waals surface area (Å²) >= 11 is 0. The SMILES string of the molecule is CCCN(CC1CC1)c1ccc(N)c(C(C)=O)c1. The normalized spacial score (nSPS) is 14.6. The van der Waals surface area contributed by atoms with Gasteiger partial charge in [-0.3, -0.25) is 4.79 Å². The second kappa shape index (κ2) is 5.42. The van der Waals surface area contributed by atoms with Crippen LogP contribution in [0.15, 0.2) is 18.2 Å². The number of hydrogen-bond donors (Lipinski definition) is 1. The maximum atomic E-state index is 11.5. The first-order valence-corrected chi connectivity index (χ1v) is 6.77. The minimum atomic E-state index is 0.0391. The number of carbonyl (C=O) groups excluding carboxylic acids is 1. The average Bonchev–Trinajstić information content (AvgIpc) is 3.13. The molecular formula is C15H22N2O. The minimum Gasteiger partial charge on any atom is -0.398 e. The van der Waals surface area contributed by atoms with Crippen LogP contribution in [0.3, 0.4) is 0 Å². The van der Waals surface area contributed by atoms with Crippen LogP contribution < -0.4 is 10.6 Å². The molecule has 0 spiro atoms. The summed E-state index contributed by atoms with van der Waals surface area (Å²) < 4.78 is 0. The van der Waals surface area contributed by atoms with Gasteiger partial charge in [0.2, 0.25) is 0 Å². The zero-order valence-electron chi connectivity index (χ0n) is 11.3. The highest BCUT2D eigenvalue weighted by Crippen LogP contribution is 2.32. The van der Waals surface area contributed by atoms with Gasteiger partial charge in [-0.05, 0) is 50.3 Å². The zero-order valence-corrected chi connectivity index (χ0v) is 11.3. The van der Waals surface area contributed by atoms with Crippen LogP contribution in [-0.2, 0) is 0 Å². The van der Waals surface area contributed by atoms with Crippen molar-refractivity contribution < 1.29 is 4.79 Å². The zero-order chi connectivity index (χ0) is 13.1. The molecule has 1 aromatic rings. The van der Waals surface area contributed by atoms with E-state index in [4.69, 9.17) is 5.73 Å². The second-order valence-electron chi connectivity index (χ2n) is 5.22. The quantitative estimate of drug-likeness (QED) is 0.619. The Labute approximate surface area is 109 Å². The van der Waals surface area contributed by atoms with Crippen LogP contribution in [0.4, 0.5) is 11.4 Å². The summed E-state index contributed by atoms with van der Waals surface area (Å²) in [7, 11) is 0. The van der Waals surface area contributed by atoms with Gasteiger partial charge < -0.3 is 10.6 Å². The van der Waals surface area contributed by atoms with E-state index in [2.05, 4.69) is 11.8 Å². The molecule has 18 heavy (non-hydrogen) atoms. The van der Waals surface area contributed by atoms with Gasteiger partial charge in [0.15, 0.2) is 5.78 Å². The van der Waals surface area contributed by atoms with Gasteiger partial charge in [0.25, 0.3) is 0 Å². The maximum absolute atomic E-state index is 11.5. The smallest absolute Gasteiger partial charge is 0.161 e. The highest BCUT2D eigenvalue weighted by atomic mass is 16.1. The Kier molecular flexibility index (Phi) is 3.90. The van der Waals surface area contributed by atoms with Gasteiger partial charge in [-0.25, -0.2) is 0 Å². The molecule has 1 aliphatic carbocycles. The lowest BCUT2D eigenvalue weighted by Gasteiger charge is -2.25. The van der Waals surface area contributed by atoms with Crippen molar-refractivity contribution in [2.45, 2.75) is 33.1 Å². The Morgan fingerprint density at radius 2 is 2.17 bits per heavy atom. The first kappa shape index (κ1) is 12.9. The van der Waals surface area contributed by atoms with E-state index in [9.17, 15) is 4.79 Å². The highest BCUT2D eigenvalue weighted by Gasteiger charge is 2.24. The Morgan fingerprint density at radius 1 is 1.44 bits per heavy atom. The fourth-order valence-electron chi connectivity index (χ4n) is 2.25. The summed E-state index contributed by atoms with van der Waals surface area (Å²) in [5.74, 6) is 0.882. The lowest BCUT2D eigenvalue weighted by atomic mass is 10.1. The number of carbonyl (C=O) groups is 1. The summed E-state index contributed by atoms with van der Waals surface area (Å²) in [6.45, 7) is 5.90. The second-order valence-corrected chi connectivity index (χ2v) is 5.22. The number of benzene rings is 1. The van der Waals surface area contributed by atoms with E-state index in [0.29, 0.717) is 11.3 Å².